The number of nitrogens with zero attached hydrogens (tertiary/aromatic N) is 1. The number of Topliss-reactive ketones (excluding diaryl/α,β-unsaturated/α-hetero) is 1. The average molecular weight is 290 g/mol. The molecule has 0 spiro atoms. The highest BCUT2D eigenvalue weighted by atomic mass is 35.5. The molecule has 1 atom stereocenters. The molecule has 3 heteroatoms. The van der Waals surface area contributed by atoms with Crippen LogP contribution in [0.5, 0.6) is 0 Å². The van der Waals surface area contributed by atoms with Gasteiger partial charge < -0.3 is 0 Å². The monoisotopic (exact) mass is 289 g/mol. The van der Waals surface area contributed by atoms with E-state index >= 15 is 0 Å². The predicted octanol–water partition coefficient (Wildman–Crippen LogP) is 4.88. The molecule has 1 unspecified atom stereocenters. The quantitative estimate of drug-likeness (QED) is 0.741. The Morgan fingerprint density at radius 2 is 2.00 bits per heavy atom. The lowest BCUT2D eigenvalue weighted by molar-refractivity contribution is -0.120. The first kappa shape index (κ1) is 15.1. The van der Waals surface area contributed by atoms with Crippen LogP contribution in [0.25, 0.3) is 0 Å². The van der Waals surface area contributed by atoms with E-state index in [4.69, 9.17) is 11.6 Å². The molecule has 1 aromatic carbocycles. The zero-order chi connectivity index (χ0) is 14.4. The van der Waals surface area contributed by atoms with Gasteiger partial charge >= 0.3 is 0 Å². The van der Waals surface area contributed by atoms with Crippen molar-refractivity contribution in [2.75, 3.05) is 0 Å². The summed E-state index contributed by atoms with van der Waals surface area (Å²) in [6.07, 6.45) is 7.77. The molecule has 1 aliphatic carbocycles. The zero-order valence-electron chi connectivity index (χ0n) is 11.6. The van der Waals surface area contributed by atoms with E-state index < -0.39 is 5.92 Å². The van der Waals surface area contributed by atoms with E-state index in [0.717, 1.165) is 18.4 Å². The summed E-state index contributed by atoms with van der Waals surface area (Å²) in [6, 6.07) is 9.23. The lowest BCUT2D eigenvalue weighted by Crippen LogP contribution is -2.15. The molecule has 1 aromatic rings. The van der Waals surface area contributed by atoms with E-state index in [-0.39, 0.29) is 5.78 Å². The minimum Gasteiger partial charge on any atom is -0.298 e. The summed E-state index contributed by atoms with van der Waals surface area (Å²) >= 11 is 5.94. The molecule has 0 saturated heterocycles. The van der Waals surface area contributed by atoms with E-state index in [1.165, 1.54) is 25.7 Å². The molecule has 0 aliphatic heterocycles. The Balaban J connectivity index is 2.04. The van der Waals surface area contributed by atoms with Crippen LogP contribution in [-0.4, -0.2) is 5.78 Å². The predicted molar refractivity (Wildman–Crippen MR) is 80.6 cm³/mol. The second-order valence-electron chi connectivity index (χ2n) is 5.65. The Morgan fingerprint density at radius 1 is 1.30 bits per heavy atom. The number of rotatable bonds is 4. The molecule has 106 valence electrons. The maximum absolute atomic E-state index is 12.4. The second-order valence-corrected chi connectivity index (χ2v) is 6.08. The Hall–Kier alpha value is -1.33. The van der Waals surface area contributed by atoms with Gasteiger partial charge in [-0.15, -0.1) is 0 Å². The van der Waals surface area contributed by atoms with E-state index in [2.05, 4.69) is 6.07 Å². The molecule has 0 radical (unpaired) electrons. The summed E-state index contributed by atoms with van der Waals surface area (Å²) in [5, 5.41) is 9.89. The summed E-state index contributed by atoms with van der Waals surface area (Å²) in [4.78, 5) is 12.4. The van der Waals surface area contributed by atoms with Gasteiger partial charge in [-0.2, -0.15) is 5.26 Å². The third-order valence-electron chi connectivity index (χ3n) is 4.10. The van der Waals surface area contributed by atoms with Crippen LogP contribution in [0.3, 0.4) is 0 Å². The molecule has 0 N–H and O–H groups in total. The van der Waals surface area contributed by atoms with Crippen LogP contribution in [0.4, 0.5) is 0 Å². The topological polar surface area (TPSA) is 40.9 Å². The first-order chi connectivity index (χ1) is 9.70. The highest BCUT2D eigenvalue weighted by molar-refractivity contribution is 6.30. The number of benzene rings is 1. The van der Waals surface area contributed by atoms with Crippen molar-refractivity contribution >= 4 is 17.4 Å². The van der Waals surface area contributed by atoms with Crippen molar-refractivity contribution in [3.8, 4) is 6.07 Å². The smallest absolute Gasteiger partial charge is 0.154 e. The highest BCUT2D eigenvalue weighted by Crippen LogP contribution is 2.29. The molecule has 0 amide bonds. The maximum Gasteiger partial charge on any atom is 0.154 e. The zero-order valence-corrected chi connectivity index (χ0v) is 12.4. The Kier molecular flexibility index (Phi) is 5.61. The van der Waals surface area contributed by atoms with Crippen LogP contribution in [0, 0.1) is 17.2 Å². The highest BCUT2D eigenvalue weighted by Gasteiger charge is 2.24. The van der Waals surface area contributed by atoms with Gasteiger partial charge in [0.1, 0.15) is 5.92 Å². The fourth-order valence-electron chi connectivity index (χ4n) is 2.99. The maximum atomic E-state index is 12.4. The molecule has 1 aliphatic rings. The first-order valence-electron chi connectivity index (χ1n) is 7.38. The van der Waals surface area contributed by atoms with E-state index in [9.17, 15) is 10.1 Å². The summed E-state index contributed by atoms with van der Waals surface area (Å²) in [7, 11) is 0. The van der Waals surface area contributed by atoms with Gasteiger partial charge in [-0.1, -0.05) is 62.3 Å². The number of hydrogen-bond donors (Lipinski definition) is 0. The minimum atomic E-state index is -0.669. The molecule has 2 nitrogen and oxygen atoms in total. The molecule has 2 rings (SSSR count). The van der Waals surface area contributed by atoms with Crippen molar-refractivity contribution in [2.24, 2.45) is 5.92 Å². The van der Waals surface area contributed by atoms with Gasteiger partial charge in [-0.25, -0.2) is 0 Å². The molecular formula is C17H20ClNO. The fraction of sp³-hybridized carbons (Fsp3) is 0.529. The van der Waals surface area contributed by atoms with Crippen molar-refractivity contribution in [2.45, 2.75) is 50.9 Å². The van der Waals surface area contributed by atoms with Crippen LogP contribution in [0.15, 0.2) is 24.3 Å². The van der Waals surface area contributed by atoms with Gasteiger partial charge in [0.15, 0.2) is 5.78 Å². The van der Waals surface area contributed by atoms with E-state index in [1.54, 1.807) is 18.2 Å². The van der Waals surface area contributed by atoms with Crippen LogP contribution >= 0.6 is 11.6 Å². The molecular weight excluding hydrogens is 270 g/mol. The first-order valence-corrected chi connectivity index (χ1v) is 7.76. The number of carbonyl (C=O) groups excluding carboxylic acids is 1. The van der Waals surface area contributed by atoms with Crippen molar-refractivity contribution in [3.05, 3.63) is 34.9 Å². The number of carbonyl (C=O) groups is 1. The lowest BCUT2D eigenvalue weighted by Gasteiger charge is -2.15. The second kappa shape index (κ2) is 7.45. The third kappa shape index (κ3) is 4.08. The molecule has 0 heterocycles. The van der Waals surface area contributed by atoms with Crippen molar-refractivity contribution in [1.29, 1.82) is 5.26 Å². The van der Waals surface area contributed by atoms with Crippen LogP contribution in [0.1, 0.15) is 56.4 Å². The van der Waals surface area contributed by atoms with Crippen molar-refractivity contribution in [1.82, 2.24) is 0 Å². The number of halogens is 1. The standard InChI is InChI=1S/C17H20ClNO/c18-15-9-5-8-14(11-15)16(12-19)17(20)10-13-6-3-1-2-4-7-13/h5,8-9,11,13,16H,1-4,6-7,10H2. The Morgan fingerprint density at radius 3 is 2.60 bits per heavy atom. The molecule has 0 bridgehead atoms. The number of nitriles is 1. The normalized spacial score (nSPS) is 18.0. The van der Waals surface area contributed by atoms with Crippen LogP contribution in [-0.2, 0) is 4.79 Å². The van der Waals surface area contributed by atoms with Crippen LogP contribution < -0.4 is 0 Å². The Labute approximate surface area is 125 Å². The van der Waals surface area contributed by atoms with Gasteiger partial charge in [0.25, 0.3) is 0 Å². The Bertz CT molecular complexity index is 498. The molecule has 1 fully saturated rings. The molecule has 20 heavy (non-hydrogen) atoms. The van der Waals surface area contributed by atoms with Gasteiger partial charge in [0, 0.05) is 11.4 Å². The minimum absolute atomic E-state index is 0.0432. The van der Waals surface area contributed by atoms with Gasteiger partial charge in [-0.05, 0) is 23.6 Å². The average Bonchev–Trinajstić information content (AvgIpc) is 2.68. The summed E-state index contributed by atoms with van der Waals surface area (Å²) < 4.78 is 0. The fourth-order valence-corrected chi connectivity index (χ4v) is 3.19. The van der Waals surface area contributed by atoms with Gasteiger partial charge in [0.05, 0.1) is 6.07 Å². The van der Waals surface area contributed by atoms with E-state index in [0.29, 0.717) is 17.4 Å². The summed E-state index contributed by atoms with van der Waals surface area (Å²) in [6.45, 7) is 0. The summed E-state index contributed by atoms with van der Waals surface area (Å²) in [5.41, 5.74) is 0.721. The van der Waals surface area contributed by atoms with Crippen molar-refractivity contribution in [3.63, 3.8) is 0 Å². The molecule has 1 saturated carbocycles. The number of ketones is 1. The SMILES string of the molecule is N#CC(C(=O)CC1CCCCCC1)c1cccc(Cl)c1. The third-order valence-corrected chi connectivity index (χ3v) is 4.33. The summed E-state index contributed by atoms with van der Waals surface area (Å²) in [5.74, 6) is -0.168. The lowest BCUT2D eigenvalue weighted by atomic mass is 9.87. The van der Waals surface area contributed by atoms with Gasteiger partial charge in [-0.3, -0.25) is 4.79 Å². The number of hydrogen-bond acceptors (Lipinski definition) is 2. The van der Waals surface area contributed by atoms with E-state index in [1.807, 2.05) is 6.07 Å². The largest absolute Gasteiger partial charge is 0.298 e. The van der Waals surface area contributed by atoms with Gasteiger partial charge in [0.2, 0.25) is 0 Å². The van der Waals surface area contributed by atoms with Crippen LogP contribution in [0.2, 0.25) is 5.02 Å². The molecule has 0 aromatic heterocycles. The van der Waals surface area contributed by atoms with Crippen molar-refractivity contribution < 1.29 is 4.79 Å².